The van der Waals surface area contributed by atoms with Gasteiger partial charge in [-0.25, -0.2) is 0 Å². The van der Waals surface area contributed by atoms with Gasteiger partial charge in [0.2, 0.25) is 0 Å². The van der Waals surface area contributed by atoms with E-state index in [1.807, 2.05) is 13.8 Å². The Hall–Kier alpha value is -0.120. The minimum absolute atomic E-state index is 0.219. The van der Waals surface area contributed by atoms with E-state index in [2.05, 4.69) is 0 Å². The highest BCUT2D eigenvalue weighted by Crippen LogP contribution is 2.20. The molecule has 1 heterocycles. The number of rotatable bonds is 2. The lowest BCUT2D eigenvalue weighted by Gasteiger charge is -2.33. The van der Waals surface area contributed by atoms with Crippen molar-refractivity contribution in [3.05, 3.63) is 0 Å². The highest BCUT2D eigenvalue weighted by molar-refractivity contribution is 4.67. The third-order valence-corrected chi connectivity index (χ3v) is 1.97. The van der Waals surface area contributed by atoms with Gasteiger partial charge in [-0.05, 0) is 27.2 Å². The van der Waals surface area contributed by atoms with Crippen molar-refractivity contribution in [1.29, 1.82) is 0 Å². The molecule has 1 aliphatic heterocycles. The van der Waals surface area contributed by atoms with Crippen LogP contribution in [0.2, 0.25) is 0 Å². The summed E-state index contributed by atoms with van der Waals surface area (Å²) in [5.41, 5.74) is 0. The second kappa shape index (κ2) is 4.21. The summed E-state index contributed by atoms with van der Waals surface area (Å²) < 4.78 is 11.0. The summed E-state index contributed by atoms with van der Waals surface area (Å²) in [6, 6.07) is 0. The van der Waals surface area contributed by atoms with E-state index in [-0.39, 0.29) is 24.6 Å². The molecule has 12 heavy (non-hydrogen) atoms. The first-order valence-electron chi connectivity index (χ1n) is 4.57. The van der Waals surface area contributed by atoms with E-state index in [9.17, 15) is 0 Å². The Balaban J connectivity index is 2.34. The highest BCUT2D eigenvalue weighted by Gasteiger charge is 2.25. The van der Waals surface area contributed by atoms with E-state index >= 15 is 0 Å². The number of hydrogen-bond acceptors (Lipinski definition) is 3. The second-order valence-electron chi connectivity index (χ2n) is 3.64. The molecule has 3 nitrogen and oxygen atoms in total. The lowest BCUT2D eigenvalue weighted by Crippen LogP contribution is -2.37. The molecule has 0 aliphatic carbocycles. The molecule has 1 rings (SSSR count). The smallest absolute Gasteiger partial charge is 0.160 e. The van der Waals surface area contributed by atoms with Gasteiger partial charge in [-0.2, -0.15) is 0 Å². The van der Waals surface area contributed by atoms with Crippen LogP contribution in [0.4, 0.5) is 0 Å². The van der Waals surface area contributed by atoms with Crippen molar-refractivity contribution in [2.24, 2.45) is 0 Å². The van der Waals surface area contributed by atoms with Gasteiger partial charge in [0.1, 0.15) is 0 Å². The maximum Gasteiger partial charge on any atom is 0.160 e. The van der Waals surface area contributed by atoms with Gasteiger partial charge in [0.15, 0.2) is 6.29 Å². The normalized spacial score (nSPS) is 39.5. The first-order chi connectivity index (χ1) is 5.58. The molecule has 0 saturated carbocycles. The second-order valence-corrected chi connectivity index (χ2v) is 3.64. The fraction of sp³-hybridized carbons (Fsp3) is 1.00. The average Bonchev–Trinajstić information content (AvgIpc) is 1.81. The van der Waals surface area contributed by atoms with Crippen LogP contribution in [0.5, 0.6) is 0 Å². The van der Waals surface area contributed by atoms with Crippen molar-refractivity contribution in [3.63, 3.8) is 0 Å². The molecule has 0 spiro atoms. The Kier molecular flexibility index (Phi) is 3.50. The van der Waals surface area contributed by atoms with Crippen molar-refractivity contribution in [1.82, 2.24) is 0 Å². The SMILES string of the molecule is C[C@@H]1C[C@@H](C)OC(C[C@@H](C)O)O1. The van der Waals surface area contributed by atoms with Crippen LogP contribution in [0.3, 0.4) is 0 Å². The van der Waals surface area contributed by atoms with E-state index in [1.165, 1.54) is 0 Å². The largest absolute Gasteiger partial charge is 0.393 e. The molecule has 0 aromatic heterocycles. The van der Waals surface area contributed by atoms with Gasteiger partial charge >= 0.3 is 0 Å². The molecule has 3 atom stereocenters. The third kappa shape index (κ3) is 3.09. The van der Waals surface area contributed by atoms with Crippen molar-refractivity contribution in [2.75, 3.05) is 0 Å². The van der Waals surface area contributed by atoms with Gasteiger partial charge in [-0.1, -0.05) is 0 Å². The zero-order valence-corrected chi connectivity index (χ0v) is 7.99. The summed E-state index contributed by atoms with van der Waals surface area (Å²) in [7, 11) is 0. The first-order valence-corrected chi connectivity index (χ1v) is 4.57. The average molecular weight is 174 g/mol. The molecule has 1 fully saturated rings. The zero-order valence-electron chi connectivity index (χ0n) is 7.99. The van der Waals surface area contributed by atoms with Gasteiger partial charge in [-0.3, -0.25) is 0 Å². The molecule has 0 bridgehead atoms. The Morgan fingerprint density at radius 2 is 1.83 bits per heavy atom. The number of aliphatic hydroxyl groups is 1. The van der Waals surface area contributed by atoms with E-state index in [1.54, 1.807) is 6.92 Å². The van der Waals surface area contributed by atoms with Gasteiger partial charge in [-0.15, -0.1) is 0 Å². The predicted octanol–water partition coefficient (Wildman–Crippen LogP) is 1.30. The van der Waals surface area contributed by atoms with Gasteiger partial charge in [0.25, 0.3) is 0 Å². The van der Waals surface area contributed by atoms with E-state index in [0.717, 1.165) is 6.42 Å². The molecule has 1 N–H and O–H groups in total. The summed E-state index contributed by atoms with van der Waals surface area (Å²) in [6.07, 6.45) is 1.43. The molecule has 1 saturated heterocycles. The zero-order chi connectivity index (χ0) is 9.14. The standard InChI is InChI=1S/C9H18O3/c1-6(10)4-9-11-7(2)5-8(3)12-9/h6-10H,4-5H2,1-3H3/t6-,7-,8-/m1/s1. The summed E-state index contributed by atoms with van der Waals surface area (Å²) in [5, 5.41) is 9.12. The van der Waals surface area contributed by atoms with E-state index in [0.29, 0.717) is 6.42 Å². The van der Waals surface area contributed by atoms with Crippen LogP contribution in [0.15, 0.2) is 0 Å². The highest BCUT2D eigenvalue weighted by atomic mass is 16.7. The lowest BCUT2D eigenvalue weighted by atomic mass is 10.1. The van der Waals surface area contributed by atoms with Crippen LogP contribution in [-0.2, 0) is 9.47 Å². The molecule has 1 aliphatic rings. The maximum absolute atomic E-state index is 9.12. The third-order valence-electron chi connectivity index (χ3n) is 1.97. The Bertz CT molecular complexity index is 123. The molecule has 0 amide bonds. The van der Waals surface area contributed by atoms with Gasteiger partial charge in [0, 0.05) is 6.42 Å². The minimum atomic E-state index is -0.354. The van der Waals surface area contributed by atoms with Crippen LogP contribution < -0.4 is 0 Å². The maximum atomic E-state index is 9.12. The fourth-order valence-corrected chi connectivity index (χ4v) is 1.52. The van der Waals surface area contributed by atoms with Crippen molar-refractivity contribution >= 4 is 0 Å². The number of ether oxygens (including phenoxy) is 2. The predicted molar refractivity (Wildman–Crippen MR) is 45.8 cm³/mol. The van der Waals surface area contributed by atoms with E-state index < -0.39 is 0 Å². The van der Waals surface area contributed by atoms with Gasteiger partial charge in [0.05, 0.1) is 18.3 Å². The topological polar surface area (TPSA) is 38.7 Å². The van der Waals surface area contributed by atoms with Crippen molar-refractivity contribution < 1.29 is 14.6 Å². The lowest BCUT2D eigenvalue weighted by molar-refractivity contribution is -0.242. The van der Waals surface area contributed by atoms with Crippen LogP contribution in [0, 0.1) is 0 Å². The Morgan fingerprint density at radius 3 is 2.25 bits per heavy atom. The van der Waals surface area contributed by atoms with E-state index in [4.69, 9.17) is 14.6 Å². The minimum Gasteiger partial charge on any atom is -0.393 e. The summed E-state index contributed by atoms with van der Waals surface area (Å²) in [4.78, 5) is 0. The number of aliphatic hydroxyl groups excluding tert-OH is 1. The van der Waals surface area contributed by atoms with Crippen molar-refractivity contribution in [2.45, 2.75) is 58.2 Å². The van der Waals surface area contributed by atoms with Crippen LogP contribution in [0.25, 0.3) is 0 Å². The monoisotopic (exact) mass is 174 g/mol. The summed E-state index contributed by atoms with van der Waals surface area (Å²) >= 11 is 0. The van der Waals surface area contributed by atoms with Crippen LogP contribution in [0.1, 0.15) is 33.6 Å². The molecule has 72 valence electrons. The molecule has 0 aromatic carbocycles. The quantitative estimate of drug-likeness (QED) is 0.685. The molecule has 0 radical (unpaired) electrons. The first kappa shape index (κ1) is 9.96. The van der Waals surface area contributed by atoms with Gasteiger partial charge < -0.3 is 14.6 Å². The fourth-order valence-electron chi connectivity index (χ4n) is 1.52. The molecule has 0 aromatic rings. The molecule has 3 heteroatoms. The Labute approximate surface area is 73.7 Å². The summed E-state index contributed by atoms with van der Waals surface area (Å²) in [6.45, 7) is 5.82. The Morgan fingerprint density at radius 1 is 1.33 bits per heavy atom. The molecule has 0 unspecified atom stereocenters. The molecular formula is C9H18O3. The van der Waals surface area contributed by atoms with Crippen molar-refractivity contribution in [3.8, 4) is 0 Å². The van der Waals surface area contributed by atoms with Crippen LogP contribution >= 0.6 is 0 Å². The number of hydrogen-bond donors (Lipinski definition) is 1. The molecular weight excluding hydrogens is 156 g/mol. The summed E-state index contributed by atoms with van der Waals surface area (Å²) in [5.74, 6) is 0. The van der Waals surface area contributed by atoms with Crippen LogP contribution in [-0.4, -0.2) is 29.7 Å².